The molecule has 0 aliphatic carbocycles. The quantitative estimate of drug-likeness (QED) is 0.731. The number of ether oxygens (including phenoxy) is 1. The molecule has 28 heavy (non-hydrogen) atoms. The summed E-state index contributed by atoms with van der Waals surface area (Å²) in [5.41, 5.74) is 2.23. The maximum Gasteiger partial charge on any atom is 0.334 e. The SMILES string of the molecule is Cc1c(C(=O)N2CC(C(=O)O)O[C@H](C)C2)nnn1-c1cccc2cccnc12. The van der Waals surface area contributed by atoms with Crippen LogP contribution in [0.5, 0.6) is 0 Å². The lowest BCUT2D eigenvalue weighted by atomic mass is 10.1. The third-order valence-corrected chi connectivity index (χ3v) is 4.76. The van der Waals surface area contributed by atoms with Gasteiger partial charge in [-0.2, -0.15) is 0 Å². The number of aromatic nitrogens is 4. The van der Waals surface area contributed by atoms with Crippen LogP contribution in [0.4, 0.5) is 0 Å². The Bertz CT molecular complexity index is 1060. The van der Waals surface area contributed by atoms with Gasteiger partial charge in [-0.1, -0.05) is 23.4 Å². The van der Waals surface area contributed by atoms with Crippen molar-refractivity contribution in [2.45, 2.75) is 26.1 Å². The summed E-state index contributed by atoms with van der Waals surface area (Å²) >= 11 is 0. The van der Waals surface area contributed by atoms with Gasteiger partial charge in [0.15, 0.2) is 11.8 Å². The molecule has 2 atom stereocenters. The van der Waals surface area contributed by atoms with E-state index in [-0.39, 0.29) is 24.2 Å². The van der Waals surface area contributed by atoms with Crippen LogP contribution in [0.3, 0.4) is 0 Å². The van der Waals surface area contributed by atoms with E-state index in [1.807, 2.05) is 30.3 Å². The number of morpholine rings is 1. The molecule has 1 aliphatic rings. The molecule has 0 saturated carbocycles. The summed E-state index contributed by atoms with van der Waals surface area (Å²) in [6.07, 6.45) is 0.271. The van der Waals surface area contributed by atoms with Crippen molar-refractivity contribution in [1.29, 1.82) is 0 Å². The van der Waals surface area contributed by atoms with Crippen molar-refractivity contribution in [3.05, 3.63) is 47.9 Å². The lowest BCUT2D eigenvalue weighted by molar-refractivity contribution is -0.160. The lowest BCUT2D eigenvalue weighted by Gasteiger charge is -2.34. The van der Waals surface area contributed by atoms with Crippen LogP contribution in [-0.4, -0.2) is 67.2 Å². The highest BCUT2D eigenvalue weighted by atomic mass is 16.5. The summed E-state index contributed by atoms with van der Waals surface area (Å²) in [5.74, 6) is -1.45. The third-order valence-electron chi connectivity index (χ3n) is 4.76. The van der Waals surface area contributed by atoms with Crippen LogP contribution >= 0.6 is 0 Å². The van der Waals surface area contributed by atoms with Gasteiger partial charge in [-0.15, -0.1) is 5.10 Å². The fourth-order valence-electron chi connectivity index (χ4n) is 3.42. The average molecular weight is 381 g/mol. The molecule has 9 heteroatoms. The molecule has 0 bridgehead atoms. The molecular formula is C19H19N5O4. The zero-order valence-electron chi connectivity index (χ0n) is 15.4. The molecule has 0 spiro atoms. The standard InChI is InChI=1S/C19H19N5O4/c1-11-9-23(10-15(28-11)19(26)27)18(25)16-12(2)24(22-21-16)14-7-3-5-13-6-4-8-20-17(13)14/h3-8,11,15H,9-10H2,1-2H3,(H,26,27)/t11-,15?/m1/s1. The Morgan fingerprint density at radius 2 is 2.00 bits per heavy atom. The van der Waals surface area contributed by atoms with Crippen molar-refractivity contribution in [2.75, 3.05) is 13.1 Å². The number of para-hydroxylation sites is 1. The maximum atomic E-state index is 13.0. The number of carbonyl (C=O) groups excluding carboxylic acids is 1. The van der Waals surface area contributed by atoms with Crippen LogP contribution in [0, 0.1) is 6.92 Å². The van der Waals surface area contributed by atoms with Gasteiger partial charge in [-0.05, 0) is 26.0 Å². The van der Waals surface area contributed by atoms with Crippen molar-refractivity contribution >= 4 is 22.8 Å². The first-order chi connectivity index (χ1) is 13.5. The number of carboxylic acids is 1. The van der Waals surface area contributed by atoms with Crippen LogP contribution in [0.2, 0.25) is 0 Å². The second-order valence-corrected chi connectivity index (χ2v) is 6.77. The predicted octanol–water partition coefficient (Wildman–Crippen LogP) is 1.44. The summed E-state index contributed by atoms with van der Waals surface area (Å²) in [4.78, 5) is 30.1. The number of rotatable bonds is 3. The first kappa shape index (κ1) is 18.1. The van der Waals surface area contributed by atoms with Gasteiger partial charge in [-0.3, -0.25) is 9.78 Å². The Morgan fingerprint density at radius 3 is 2.79 bits per heavy atom. The molecule has 1 N–H and O–H groups in total. The van der Waals surface area contributed by atoms with E-state index >= 15 is 0 Å². The van der Waals surface area contributed by atoms with Gasteiger partial charge in [0, 0.05) is 18.1 Å². The first-order valence-electron chi connectivity index (χ1n) is 8.89. The molecule has 3 aromatic rings. The lowest BCUT2D eigenvalue weighted by Crippen LogP contribution is -2.52. The molecule has 144 valence electrons. The number of carbonyl (C=O) groups is 2. The number of hydrogen-bond donors (Lipinski definition) is 1. The molecule has 1 saturated heterocycles. The van der Waals surface area contributed by atoms with Gasteiger partial charge < -0.3 is 14.7 Å². The monoisotopic (exact) mass is 381 g/mol. The Kier molecular flexibility index (Phi) is 4.52. The number of benzene rings is 1. The summed E-state index contributed by atoms with van der Waals surface area (Å²) in [6.45, 7) is 3.76. The van der Waals surface area contributed by atoms with Crippen molar-refractivity contribution in [3.63, 3.8) is 0 Å². The molecule has 1 amide bonds. The number of carboxylic acid groups (broad SMARTS) is 1. The topological polar surface area (TPSA) is 110 Å². The highest BCUT2D eigenvalue weighted by Gasteiger charge is 2.34. The highest BCUT2D eigenvalue weighted by Crippen LogP contribution is 2.22. The van der Waals surface area contributed by atoms with Crippen LogP contribution < -0.4 is 0 Å². The van der Waals surface area contributed by atoms with Crippen molar-refractivity contribution < 1.29 is 19.4 Å². The molecule has 1 unspecified atom stereocenters. The van der Waals surface area contributed by atoms with E-state index < -0.39 is 12.1 Å². The second kappa shape index (κ2) is 7.01. The molecule has 3 heterocycles. The van der Waals surface area contributed by atoms with E-state index in [1.54, 1.807) is 24.7 Å². The van der Waals surface area contributed by atoms with Crippen LogP contribution in [0.25, 0.3) is 16.6 Å². The maximum absolute atomic E-state index is 13.0. The number of pyridine rings is 1. The molecule has 2 aromatic heterocycles. The van der Waals surface area contributed by atoms with E-state index in [0.29, 0.717) is 12.2 Å². The minimum atomic E-state index is -1.09. The van der Waals surface area contributed by atoms with Gasteiger partial charge in [-0.25, -0.2) is 9.48 Å². The van der Waals surface area contributed by atoms with E-state index in [4.69, 9.17) is 4.74 Å². The minimum absolute atomic E-state index is 0.0272. The zero-order valence-corrected chi connectivity index (χ0v) is 15.4. The number of hydrogen-bond acceptors (Lipinski definition) is 6. The molecule has 0 radical (unpaired) electrons. The summed E-state index contributed by atoms with van der Waals surface area (Å²) in [7, 11) is 0. The smallest absolute Gasteiger partial charge is 0.334 e. The second-order valence-electron chi connectivity index (χ2n) is 6.77. The highest BCUT2D eigenvalue weighted by molar-refractivity contribution is 5.94. The van der Waals surface area contributed by atoms with Gasteiger partial charge in [0.1, 0.15) is 0 Å². The molecular weight excluding hydrogens is 362 g/mol. The fourth-order valence-corrected chi connectivity index (χ4v) is 3.42. The Balaban J connectivity index is 1.68. The Hall–Kier alpha value is -3.33. The van der Waals surface area contributed by atoms with E-state index in [9.17, 15) is 14.7 Å². The summed E-state index contributed by atoms with van der Waals surface area (Å²) < 4.78 is 6.96. The van der Waals surface area contributed by atoms with Crippen LogP contribution in [0.15, 0.2) is 36.5 Å². The molecule has 9 nitrogen and oxygen atoms in total. The average Bonchev–Trinajstić information content (AvgIpc) is 3.07. The Labute approximate surface area is 160 Å². The van der Waals surface area contributed by atoms with Crippen molar-refractivity contribution in [1.82, 2.24) is 24.9 Å². The first-order valence-corrected chi connectivity index (χ1v) is 8.89. The van der Waals surface area contributed by atoms with Gasteiger partial charge in [0.05, 0.1) is 29.5 Å². The fraction of sp³-hybridized carbons (Fsp3) is 0.316. The van der Waals surface area contributed by atoms with E-state index in [0.717, 1.165) is 16.6 Å². The van der Waals surface area contributed by atoms with Gasteiger partial charge in [0.25, 0.3) is 5.91 Å². The Morgan fingerprint density at radius 1 is 1.21 bits per heavy atom. The van der Waals surface area contributed by atoms with E-state index in [1.165, 1.54) is 4.90 Å². The number of amides is 1. The predicted molar refractivity (Wildman–Crippen MR) is 99.3 cm³/mol. The van der Waals surface area contributed by atoms with Crippen molar-refractivity contribution in [2.24, 2.45) is 0 Å². The molecule has 1 aromatic carbocycles. The largest absolute Gasteiger partial charge is 0.479 e. The van der Waals surface area contributed by atoms with Crippen molar-refractivity contribution in [3.8, 4) is 5.69 Å². The molecule has 1 aliphatic heterocycles. The van der Waals surface area contributed by atoms with Gasteiger partial charge >= 0.3 is 5.97 Å². The third kappa shape index (κ3) is 3.09. The molecule has 1 fully saturated rings. The van der Waals surface area contributed by atoms with Gasteiger partial charge in [0.2, 0.25) is 0 Å². The molecule has 4 rings (SSSR count). The van der Waals surface area contributed by atoms with Crippen LogP contribution in [-0.2, 0) is 9.53 Å². The number of fused-ring (bicyclic) bond motifs is 1. The summed E-state index contributed by atoms with van der Waals surface area (Å²) in [5, 5.41) is 18.4. The van der Waals surface area contributed by atoms with E-state index in [2.05, 4.69) is 15.3 Å². The number of aliphatic carboxylic acids is 1. The zero-order chi connectivity index (χ0) is 19.8. The minimum Gasteiger partial charge on any atom is -0.479 e. The number of nitrogens with zero attached hydrogens (tertiary/aromatic N) is 5. The normalized spacial score (nSPS) is 19.7. The summed E-state index contributed by atoms with van der Waals surface area (Å²) in [6, 6.07) is 9.51. The van der Waals surface area contributed by atoms with Crippen LogP contribution in [0.1, 0.15) is 23.1 Å².